The highest BCUT2D eigenvalue weighted by molar-refractivity contribution is 5.76. The van der Waals surface area contributed by atoms with Gasteiger partial charge >= 0.3 is 0 Å². The number of aliphatic hydroxyl groups is 2. The highest BCUT2D eigenvalue weighted by Crippen LogP contribution is 2.18. The first-order chi connectivity index (χ1) is 29.2. The summed E-state index contributed by atoms with van der Waals surface area (Å²) in [5.41, 5.74) is 0. The van der Waals surface area contributed by atoms with Crippen molar-refractivity contribution in [3.05, 3.63) is 12.2 Å². The summed E-state index contributed by atoms with van der Waals surface area (Å²) in [5, 5.41) is 23.3. The van der Waals surface area contributed by atoms with Crippen LogP contribution in [0.4, 0.5) is 0 Å². The Labute approximate surface area is 371 Å². The molecule has 0 aliphatic carbocycles. The molecule has 1 amide bonds. The molecule has 2 atom stereocenters. The van der Waals surface area contributed by atoms with Gasteiger partial charge in [-0.3, -0.25) is 4.79 Å². The van der Waals surface area contributed by atoms with Crippen LogP contribution in [0.25, 0.3) is 0 Å². The van der Waals surface area contributed by atoms with Crippen LogP contribution in [0.5, 0.6) is 0 Å². The van der Waals surface area contributed by atoms with E-state index >= 15 is 0 Å². The maximum atomic E-state index is 12.5. The molecule has 0 aliphatic heterocycles. The molecular formula is C55H109NO3. The number of carbonyl (C=O) groups is 1. The van der Waals surface area contributed by atoms with Gasteiger partial charge in [0.05, 0.1) is 18.8 Å². The zero-order valence-electron chi connectivity index (χ0n) is 40.6. The SMILES string of the molecule is CCCCCCCCC/C=C\CCCCCCCCCC(=O)NC(CO)C(O)CCCCCCCCCCCCCCCCCCCCCCCCCCCCCCC. The number of hydrogen-bond donors (Lipinski definition) is 3. The predicted octanol–water partition coefficient (Wildman–Crippen LogP) is 17.8. The van der Waals surface area contributed by atoms with Gasteiger partial charge in [0.25, 0.3) is 0 Å². The Bertz CT molecular complexity index is 814. The predicted molar refractivity (Wildman–Crippen MR) is 263 cm³/mol. The molecule has 4 nitrogen and oxygen atoms in total. The number of nitrogens with one attached hydrogen (secondary N) is 1. The summed E-state index contributed by atoms with van der Waals surface area (Å²) in [6, 6.07) is -0.536. The van der Waals surface area contributed by atoms with Crippen molar-refractivity contribution >= 4 is 5.91 Å². The normalized spacial score (nSPS) is 12.8. The lowest BCUT2D eigenvalue weighted by Crippen LogP contribution is -2.45. The monoisotopic (exact) mass is 832 g/mol. The lowest BCUT2D eigenvalue weighted by molar-refractivity contribution is -0.123. The summed E-state index contributed by atoms with van der Waals surface area (Å²) in [6.45, 7) is 4.39. The largest absolute Gasteiger partial charge is 0.394 e. The summed E-state index contributed by atoms with van der Waals surface area (Å²) in [4.78, 5) is 12.5. The van der Waals surface area contributed by atoms with Gasteiger partial charge in [-0.1, -0.05) is 283 Å². The molecule has 0 aromatic heterocycles. The molecule has 0 rings (SSSR count). The molecule has 0 fully saturated rings. The summed E-state index contributed by atoms with van der Waals surface area (Å²) >= 11 is 0. The minimum absolute atomic E-state index is 0.0306. The smallest absolute Gasteiger partial charge is 0.220 e. The number of unbranched alkanes of at least 4 members (excludes halogenated alkanes) is 42. The fourth-order valence-corrected chi connectivity index (χ4v) is 8.83. The minimum atomic E-state index is -0.659. The molecule has 0 bridgehead atoms. The van der Waals surface area contributed by atoms with E-state index in [4.69, 9.17) is 0 Å². The van der Waals surface area contributed by atoms with E-state index in [2.05, 4.69) is 31.3 Å². The van der Waals surface area contributed by atoms with E-state index in [1.807, 2.05) is 0 Å². The van der Waals surface area contributed by atoms with Crippen molar-refractivity contribution < 1.29 is 15.0 Å². The van der Waals surface area contributed by atoms with Gasteiger partial charge in [-0.25, -0.2) is 0 Å². The first-order valence-corrected chi connectivity index (χ1v) is 27.4. The Morgan fingerprint density at radius 1 is 0.390 bits per heavy atom. The second-order valence-corrected chi connectivity index (χ2v) is 19.0. The van der Waals surface area contributed by atoms with Crippen LogP contribution in [-0.2, 0) is 4.79 Å². The Morgan fingerprint density at radius 3 is 0.932 bits per heavy atom. The molecule has 0 aromatic carbocycles. The molecule has 0 heterocycles. The number of aliphatic hydroxyl groups excluding tert-OH is 2. The summed E-state index contributed by atoms with van der Waals surface area (Å²) in [7, 11) is 0. The van der Waals surface area contributed by atoms with E-state index < -0.39 is 12.1 Å². The summed E-state index contributed by atoms with van der Waals surface area (Å²) < 4.78 is 0. The Morgan fingerprint density at radius 2 is 0.644 bits per heavy atom. The summed E-state index contributed by atoms with van der Waals surface area (Å²) in [5.74, 6) is -0.0306. The van der Waals surface area contributed by atoms with E-state index in [9.17, 15) is 15.0 Å². The van der Waals surface area contributed by atoms with Crippen LogP contribution in [0, 0.1) is 0 Å². The molecule has 0 saturated carbocycles. The van der Waals surface area contributed by atoms with Gasteiger partial charge in [0, 0.05) is 6.42 Å². The molecule has 3 N–H and O–H groups in total. The Hall–Kier alpha value is -0.870. The third kappa shape index (κ3) is 48.0. The molecular weight excluding hydrogens is 723 g/mol. The van der Waals surface area contributed by atoms with E-state index in [-0.39, 0.29) is 12.5 Å². The molecule has 2 unspecified atom stereocenters. The third-order valence-electron chi connectivity index (χ3n) is 13.0. The van der Waals surface area contributed by atoms with Gasteiger partial charge in [0.15, 0.2) is 0 Å². The van der Waals surface area contributed by atoms with Gasteiger partial charge in [0.1, 0.15) is 0 Å². The lowest BCUT2D eigenvalue weighted by Gasteiger charge is -2.22. The van der Waals surface area contributed by atoms with Crippen molar-refractivity contribution in [3.63, 3.8) is 0 Å². The van der Waals surface area contributed by atoms with Gasteiger partial charge in [-0.15, -0.1) is 0 Å². The molecule has 59 heavy (non-hydrogen) atoms. The van der Waals surface area contributed by atoms with Gasteiger partial charge < -0.3 is 15.5 Å². The fraction of sp³-hybridized carbons (Fsp3) is 0.945. The van der Waals surface area contributed by atoms with Crippen molar-refractivity contribution in [2.45, 2.75) is 328 Å². The van der Waals surface area contributed by atoms with E-state index in [1.165, 1.54) is 263 Å². The van der Waals surface area contributed by atoms with Gasteiger partial charge in [-0.05, 0) is 38.5 Å². The van der Waals surface area contributed by atoms with Crippen LogP contribution in [0.15, 0.2) is 12.2 Å². The first kappa shape index (κ1) is 58.1. The van der Waals surface area contributed by atoms with E-state index in [1.54, 1.807) is 0 Å². The Kier molecular flexibility index (Phi) is 50.7. The molecule has 0 radical (unpaired) electrons. The second-order valence-electron chi connectivity index (χ2n) is 19.0. The lowest BCUT2D eigenvalue weighted by atomic mass is 10.0. The Balaban J connectivity index is 3.41. The fourth-order valence-electron chi connectivity index (χ4n) is 8.83. The van der Waals surface area contributed by atoms with Crippen LogP contribution in [0.2, 0.25) is 0 Å². The third-order valence-corrected chi connectivity index (χ3v) is 13.0. The van der Waals surface area contributed by atoms with Crippen LogP contribution < -0.4 is 5.32 Å². The van der Waals surface area contributed by atoms with Crippen LogP contribution in [0.1, 0.15) is 316 Å². The van der Waals surface area contributed by atoms with Crippen LogP contribution in [0.3, 0.4) is 0 Å². The van der Waals surface area contributed by atoms with E-state index in [0.717, 1.165) is 25.7 Å². The van der Waals surface area contributed by atoms with Crippen molar-refractivity contribution in [2.75, 3.05) is 6.61 Å². The number of amides is 1. The van der Waals surface area contributed by atoms with Crippen molar-refractivity contribution in [1.82, 2.24) is 5.32 Å². The number of allylic oxidation sites excluding steroid dienone is 2. The average molecular weight is 832 g/mol. The zero-order chi connectivity index (χ0) is 42.8. The zero-order valence-corrected chi connectivity index (χ0v) is 40.6. The number of rotatable bonds is 51. The number of carbonyl (C=O) groups excluding carboxylic acids is 1. The minimum Gasteiger partial charge on any atom is -0.394 e. The molecule has 0 spiro atoms. The highest BCUT2D eigenvalue weighted by Gasteiger charge is 2.20. The van der Waals surface area contributed by atoms with Crippen molar-refractivity contribution in [3.8, 4) is 0 Å². The molecule has 0 aliphatic rings. The summed E-state index contributed by atoms with van der Waals surface area (Å²) in [6.07, 6.45) is 66.2. The maximum absolute atomic E-state index is 12.5. The first-order valence-electron chi connectivity index (χ1n) is 27.4. The van der Waals surface area contributed by atoms with Crippen molar-refractivity contribution in [2.24, 2.45) is 0 Å². The van der Waals surface area contributed by atoms with E-state index in [0.29, 0.717) is 12.8 Å². The van der Waals surface area contributed by atoms with Gasteiger partial charge in [-0.2, -0.15) is 0 Å². The van der Waals surface area contributed by atoms with Crippen LogP contribution in [-0.4, -0.2) is 34.9 Å². The molecule has 0 aromatic rings. The van der Waals surface area contributed by atoms with Gasteiger partial charge in [0.2, 0.25) is 5.91 Å². The molecule has 352 valence electrons. The number of hydrogen-bond acceptors (Lipinski definition) is 3. The quantitative estimate of drug-likeness (QED) is 0.0422. The maximum Gasteiger partial charge on any atom is 0.220 e. The standard InChI is InChI=1S/C55H109NO3/c1-3-5-7-9-11-13-15-17-19-21-23-24-25-26-27-28-29-30-31-32-33-34-36-38-40-42-44-46-48-50-54(58)53(52-57)56-55(59)51-49-47-45-43-41-39-37-35-22-20-18-16-14-12-10-8-6-4-2/h20,22,53-54,57-58H,3-19,21,23-52H2,1-2H3,(H,56,59)/b22-20-. The topological polar surface area (TPSA) is 69.6 Å². The molecule has 0 saturated heterocycles. The van der Waals surface area contributed by atoms with Crippen LogP contribution >= 0.6 is 0 Å². The highest BCUT2D eigenvalue weighted by atomic mass is 16.3. The molecule has 4 heteroatoms. The second kappa shape index (κ2) is 51.5. The average Bonchev–Trinajstić information content (AvgIpc) is 3.24. The van der Waals surface area contributed by atoms with Crippen molar-refractivity contribution in [1.29, 1.82) is 0 Å².